The highest BCUT2D eigenvalue weighted by molar-refractivity contribution is 14.1. The van der Waals surface area contributed by atoms with E-state index in [1.165, 1.54) is 0 Å². The molecule has 2 aliphatic heterocycles. The summed E-state index contributed by atoms with van der Waals surface area (Å²) >= 11 is 4.30. The minimum atomic E-state index is 0.195. The van der Waals surface area contributed by atoms with E-state index in [1.807, 2.05) is 12.1 Å². The molecule has 0 amide bonds. The summed E-state index contributed by atoms with van der Waals surface area (Å²) in [6.45, 7) is 5.48. The van der Waals surface area contributed by atoms with Crippen LogP contribution in [0.5, 0.6) is 5.75 Å². The number of phenolic OH excluding ortho intramolecular Hbond substituents is 1. The van der Waals surface area contributed by atoms with Crippen LogP contribution in [-0.4, -0.2) is 78.9 Å². The molecule has 0 unspecified atom stereocenters. The van der Waals surface area contributed by atoms with Gasteiger partial charge in [-0.2, -0.15) is 20.1 Å². The first-order valence-corrected chi connectivity index (χ1v) is 11.6. The van der Waals surface area contributed by atoms with E-state index in [9.17, 15) is 5.11 Å². The Hall–Kier alpha value is -1.52. The zero-order valence-corrected chi connectivity index (χ0v) is 20.4. The Morgan fingerprint density at radius 3 is 2.07 bits per heavy atom. The summed E-state index contributed by atoms with van der Waals surface area (Å²) in [6.07, 6.45) is 1.56. The maximum atomic E-state index is 10.2. The molecule has 4 rings (SSSR count). The number of ether oxygens (including phenoxy) is 2. The Bertz CT molecular complexity index is 883. The summed E-state index contributed by atoms with van der Waals surface area (Å²) < 4.78 is 12.7. The van der Waals surface area contributed by atoms with Crippen molar-refractivity contribution >= 4 is 69.2 Å². The van der Waals surface area contributed by atoms with Crippen molar-refractivity contribution in [3.05, 3.63) is 24.8 Å². The highest BCUT2D eigenvalue weighted by atomic mass is 127. The van der Waals surface area contributed by atoms with Crippen LogP contribution in [0, 0.1) is 7.14 Å². The summed E-state index contributed by atoms with van der Waals surface area (Å²) in [6, 6.07) is 3.76. The second-order valence-electron chi connectivity index (χ2n) is 6.65. The Balaban J connectivity index is 1.58. The number of nitrogens with zero attached hydrogens (tertiary/aromatic N) is 6. The van der Waals surface area contributed by atoms with Crippen LogP contribution in [0.4, 0.5) is 17.8 Å². The van der Waals surface area contributed by atoms with Crippen molar-refractivity contribution in [3.8, 4) is 5.75 Å². The van der Waals surface area contributed by atoms with Gasteiger partial charge >= 0.3 is 0 Å². The highest BCUT2D eigenvalue weighted by Crippen LogP contribution is 2.26. The number of anilines is 3. The first kappa shape index (κ1) is 21.7. The largest absolute Gasteiger partial charge is 0.506 e. The predicted octanol–water partition coefficient (Wildman–Crippen LogP) is 1.91. The monoisotopic (exact) mass is 637 g/mol. The van der Waals surface area contributed by atoms with Gasteiger partial charge < -0.3 is 24.4 Å². The van der Waals surface area contributed by atoms with Crippen LogP contribution in [0.15, 0.2) is 17.2 Å². The van der Waals surface area contributed by atoms with Crippen LogP contribution in [0.2, 0.25) is 0 Å². The van der Waals surface area contributed by atoms with Crippen LogP contribution in [0.25, 0.3) is 0 Å². The molecule has 2 fully saturated rings. The molecule has 2 N–H and O–H groups in total. The lowest BCUT2D eigenvalue weighted by Crippen LogP contribution is -2.40. The fraction of sp³-hybridized carbons (Fsp3) is 0.444. The summed E-state index contributed by atoms with van der Waals surface area (Å²) in [5.74, 6) is 1.74. The summed E-state index contributed by atoms with van der Waals surface area (Å²) in [5.41, 5.74) is 3.51. The van der Waals surface area contributed by atoms with Gasteiger partial charge in [0.2, 0.25) is 17.8 Å². The van der Waals surface area contributed by atoms with Crippen LogP contribution in [-0.2, 0) is 9.47 Å². The molecular weight excluding hydrogens is 616 g/mol. The zero-order valence-electron chi connectivity index (χ0n) is 16.1. The van der Waals surface area contributed by atoms with Gasteiger partial charge in [-0.05, 0) is 57.3 Å². The molecule has 0 spiro atoms. The molecule has 12 heteroatoms. The Kier molecular flexibility index (Phi) is 7.37. The molecule has 2 aliphatic rings. The molecule has 160 valence electrons. The number of aromatic nitrogens is 3. The second-order valence-corrected chi connectivity index (χ2v) is 9.06. The third-order valence-corrected chi connectivity index (χ3v) is 6.07. The smallest absolute Gasteiger partial charge is 0.250 e. The first-order valence-electron chi connectivity index (χ1n) is 9.49. The summed E-state index contributed by atoms with van der Waals surface area (Å²) in [5, 5.41) is 14.5. The van der Waals surface area contributed by atoms with Gasteiger partial charge in [-0.1, -0.05) is 0 Å². The lowest BCUT2D eigenvalue weighted by molar-refractivity contribution is 0.121. The Labute approximate surface area is 201 Å². The number of rotatable bonds is 5. The van der Waals surface area contributed by atoms with Gasteiger partial charge in [0.1, 0.15) is 5.75 Å². The van der Waals surface area contributed by atoms with E-state index in [2.05, 4.69) is 80.5 Å². The van der Waals surface area contributed by atoms with Crippen molar-refractivity contribution in [2.45, 2.75) is 0 Å². The first-order chi connectivity index (χ1) is 14.6. The molecule has 2 aromatic rings. The highest BCUT2D eigenvalue weighted by Gasteiger charge is 2.20. The van der Waals surface area contributed by atoms with Crippen molar-refractivity contribution in [1.29, 1.82) is 0 Å². The topological polar surface area (TPSA) is 108 Å². The number of nitrogens with one attached hydrogen (secondary N) is 1. The quantitative estimate of drug-likeness (QED) is 0.289. The maximum Gasteiger partial charge on any atom is 0.250 e. The maximum absolute atomic E-state index is 10.2. The van der Waals surface area contributed by atoms with Crippen LogP contribution >= 0.6 is 45.2 Å². The average Bonchev–Trinajstić information content (AvgIpc) is 2.78. The fourth-order valence-corrected chi connectivity index (χ4v) is 4.95. The van der Waals surface area contributed by atoms with Crippen LogP contribution < -0.4 is 15.2 Å². The van der Waals surface area contributed by atoms with Gasteiger partial charge in [0.25, 0.3) is 0 Å². The number of halogens is 2. The van der Waals surface area contributed by atoms with E-state index in [-0.39, 0.29) is 5.75 Å². The van der Waals surface area contributed by atoms with Crippen molar-refractivity contribution in [1.82, 2.24) is 15.0 Å². The van der Waals surface area contributed by atoms with Crippen molar-refractivity contribution in [3.63, 3.8) is 0 Å². The van der Waals surface area contributed by atoms with Gasteiger partial charge in [0, 0.05) is 35.3 Å². The van der Waals surface area contributed by atoms with Gasteiger partial charge in [-0.3, -0.25) is 0 Å². The Morgan fingerprint density at radius 2 is 1.50 bits per heavy atom. The minimum absolute atomic E-state index is 0.195. The standard InChI is InChI=1S/C18H21I2N7O3/c19-13-9-12(15(28)14(20)10-13)11-21-25-16-22-17(26-1-5-29-6-2-26)24-18(23-16)27-3-7-30-8-4-27/h9-11,28H,1-8H2,(H,22,23,24,25)/b21-11-. The van der Waals surface area contributed by atoms with E-state index in [0.717, 1.165) is 33.3 Å². The number of hydrogen-bond donors (Lipinski definition) is 2. The summed E-state index contributed by atoms with van der Waals surface area (Å²) in [7, 11) is 0. The second kappa shape index (κ2) is 10.2. The SMILES string of the molecule is Oc1c(I)cc(I)cc1/C=N\Nc1nc(N2CCOCC2)nc(N2CCOCC2)n1. The number of morpholine rings is 2. The third kappa shape index (κ3) is 5.39. The van der Waals surface area contributed by atoms with E-state index in [0.29, 0.717) is 49.8 Å². The van der Waals surface area contributed by atoms with Crippen LogP contribution in [0.1, 0.15) is 5.56 Å². The van der Waals surface area contributed by atoms with Crippen molar-refractivity contribution in [2.24, 2.45) is 5.10 Å². The molecular formula is C18H21I2N7O3. The third-order valence-electron chi connectivity index (χ3n) is 4.63. The lowest BCUT2D eigenvalue weighted by atomic mass is 10.2. The molecule has 1 aromatic heterocycles. The number of hydrogen-bond acceptors (Lipinski definition) is 10. The van der Waals surface area contributed by atoms with Crippen LogP contribution in [0.3, 0.4) is 0 Å². The van der Waals surface area contributed by atoms with E-state index < -0.39 is 0 Å². The van der Waals surface area contributed by atoms with Gasteiger partial charge in [0.15, 0.2) is 0 Å². The van der Waals surface area contributed by atoms with E-state index in [1.54, 1.807) is 6.21 Å². The Morgan fingerprint density at radius 1 is 0.933 bits per heavy atom. The molecule has 3 heterocycles. The number of phenols is 1. The van der Waals surface area contributed by atoms with Gasteiger partial charge in [0.05, 0.1) is 36.2 Å². The number of hydrazone groups is 1. The molecule has 0 atom stereocenters. The lowest BCUT2D eigenvalue weighted by Gasteiger charge is -2.30. The molecule has 0 saturated carbocycles. The molecule has 30 heavy (non-hydrogen) atoms. The summed E-state index contributed by atoms with van der Waals surface area (Å²) in [4.78, 5) is 17.9. The van der Waals surface area contributed by atoms with Crippen molar-refractivity contribution in [2.75, 3.05) is 67.8 Å². The predicted molar refractivity (Wildman–Crippen MR) is 131 cm³/mol. The minimum Gasteiger partial charge on any atom is -0.506 e. The zero-order chi connectivity index (χ0) is 20.9. The molecule has 1 aromatic carbocycles. The van der Waals surface area contributed by atoms with Gasteiger partial charge in [-0.25, -0.2) is 5.43 Å². The molecule has 0 bridgehead atoms. The number of benzene rings is 1. The van der Waals surface area contributed by atoms with Crippen molar-refractivity contribution < 1.29 is 14.6 Å². The number of aromatic hydroxyl groups is 1. The average molecular weight is 637 g/mol. The molecule has 2 saturated heterocycles. The molecule has 10 nitrogen and oxygen atoms in total. The normalized spacial score (nSPS) is 17.5. The van der Waals surface area contributed by atoms with E-state index >= 15 is 0 Å². The van der Waals surface area contributed by atoms with E-state index in [4.69, 9.17) is 9.47 Å². The fourth-order valence-electron chi connectivity index (χ4n) is 3.06. The molecule has 0 aliphatic carbocycles. The van der Waals surface area contributed by atoms with Gasteiger partial charge in [-0.15, -0.1) is 0 Å². The molecule has 0 radical (unpaired) electrons.